The molecule has 0 radical (unpaired) electrons. The lowest BCUT2D eigenvalue weighted by atomic mass is 10.1. The number of rotatable bonds is 4. The quantitative estimate of drug-likeness (QED) is 0.927. The van der Waals surface area contributed by atoms with Crippen LogP contribution in [0.3, 0.4) is 0 Å². The molecule has 2 aromatic carbocycles. The van der Waals surface area contributed by atoms with Gasteiger partial charge < -0.3 is 15.0 Å². The molecule has 0 saturated carbocycles. The largest absolute Gasteiger partial charge is 0.496 e. The SMILES string of the molecule is COc1ccc(Cl)cc1C(=O)NC1CC(=O)N(c2ccccc2)C1. The van der Waals surface area contributed by atoms with Gasteiger partial charge >= 0.3 is 0 Å². The molecule has 2 aromatic rings. The molecule has 6 heteroatoms. The van der Waals surface area contributed by atoms with Gasteiger partial charge in [0.25, 0.3) is 5.91 Å². The number of carbonyl (C=O) groups excluding carboxylic acids is 2. The molecule has 1 N–H and O–H groups in total. The van der Waals surface area contributed by atoms with E-state index in [2.05, 4.69) is 5.32 Å². The van der Waals surface area contributed by atoms with Gasteiger partial charge in [-0.1, -0.05) is 29.8 Å². The lowest BCUT2D eigenvalue weighted by molar-refractivity contribution is -0.117. The van der Waals surface area contributed by atoms with E-state index in [1.54, 1.807) is 23.1 Å². The summed E-state index contributed by atoms with van der Waals surface area (Å²) < 4.78 is 5.20. The van der Waals surface area contributed by atoms with Crippen molar-refractivity contribution in [3.63, 3.8) is 0 Å². The number of para-hydroxylation sites is 1. The highest BCUT2D eigenvalue weighted by Crippen LogP contribution is 2.24. The van der Waals surface area contributed by atoms with Crippen LogP contribution in [0.2, 0.25) is 5.02 Å². The average molecular weight is 345 g/mol. The van der Waals surface area contributed by atoms with Gasteiger partial charge in [0.1, 0.15) is 5.75 Å². The lowest BCUT2D eigenvalue weighted by Crippen LogP contribution is -2.37. The van der Waals surface area contributed by atoms with Crippen LogP contribution in [-0.4, -0.2) is 31.5 Å². The predicted octanol–water partition coefficient (Wildman–Crippen LogP) is 2.88. The number of nitrogens with zero attached hydrogens (tertiary/aromatic N) is 1. The van der Waals surface area contributed by atoms with E-state index >= 15 is 0 Å². The van der Waals surface area contributed by atoms with Crippen molar-refractivity contribution in [3.8, 4) is 5.75 Å². The molecular weight excluding hydrogens is 328 g/mol. The van der Waals surface area contributed by atoms with Gasteiger partial charge in [0, 0.05) is 23.7 Å². The third-order valence-corrected chi connectivity index (χ3v) is 4.17. The van der Waals surface area contributed by atoms with Crippen LogP contribution in [0.15, 0.2) is 48.5 Å². The second-order valence-corrected chi connectivity index (χ2v) is 6.00. The molecule has 5 nitrogen and oxygen atoms in total. The van der Waals surface area contributed by atoms with Crippen LogP contribution < -0.4 is 15.0 Å². The molecule has 24 heavy (non-hydrogen) atoms. The Balaban J connectivity index is 1.72. The highest BCUT2D eigenvalue weighted by atomic mass is 35.5. The first-order valence-electron chi connectivity index (χ1n) is 7.58. The number of hydrogen-bond donors (Lipinski definition) is 1. The minimum atomic E-state index is -0.304. The van der Waals surface area contributed by atoms with Crippen LogP contribution in [0.25, 0.3) is 0 Å². The second-order valence-electron chi connectivity index (χ2n) is 5.56. The first kappa shape index (κ1) is 16.3. The van der Waals surface area contributed by atoms with Crippen LogP contribution in [0.1, 0.15) is 16.8 Å². The number of nitrogens with one attached hydrogen (secondary N) is 1. The first-order valence-corrected chi connectivity index (χ1v) is 7.96. The molecule has 1 fully saturated rings. The Labute approximate surface area is 145 Å². The molecule has 1 heterocycles. The number of carbonyl (C=O) groups is 2. The summed E-state index contributed by atoms with van der Waals surface area (Å²) >= 11 is 5.96. The number of amides is 2. The summed E-state index contributed by atoms with van der Waals surface area (Å²) in [7, 11) is 1.50. The average Bonchev–Trinajstić information content (AvgIpc) is 2.96. The molecule has 3 rings (SSSR count). The summed E-state index contributed by atoms with van der Waals surface area (Å²) in [5.41, 5.74) is 1.19. The number of anilines is 1. The molecule has 2 amide bonds. The third-order valence-electron chi connectivity index (χ3n) is 3.93. The Kier molecular flexibility index (Phi) is 4.71. The van der Waals surface area contributed by atoms with Gasteiger partial charge in [0.05, 0.1) is 18.7 Å². The summed E-state index contributed by atoms with van der Waals surface area (Å²) in [5, 5.41) is 3.34. The summed E-state index contributed by atoms with van der Waals surface area (Å²) in [4.78, 5) is 26.4. The van der Waals surface area contributed by atoms with Gasteiger partial charge in [-0.2, -0.15) is 0 Å². The van der Waals surface area contributed by atoms with E-state index in [0.717, 1.165) is 5.69 Å². The molecule has 1 saturated heterocycles. The number of methoxy groups -OCH3 is 1. The van der Waals surface area contributed by atoms with E-state index in [9.17, 15) is 9.59 Å². The van der Waals surface area contributed by atoms with Crippen LogP contribution in [0.5, 0.6) is 5.75 Å². The van der Waals surface area contributed by atoms with Gasteiger partial charge in [-0.05, 0) is 30.3 Å². The number of hydrogen-bond acceptors (Lipinski definition) is 3. The number of ether oxygens (including phenoxy) is 1. The molecule has 0 aromatic heterocycles. The summed E-state index contributed by atoms with van der Waals surface area (Å²) in [6.07, 6.45) is 0.267. The smallest absolute Gasteiger partial charge is 0.255 e. The van der Waals surface area contributed by atoms with Gasteiger partial charge in [0.2, 0.25) is 5.91 Å². The Morgan fingerprint density at radius 3 is 2.71 bits per heavy atom. The van der Waals surface area contributed by atoms with E-state index in [1.165, 1.54) is 7.11 Å². The van der Waals surface area contributed by atoms with E-state index < -0.39 is 0 Å². The van der Waals surface area contributed by atoms with Crippen LogP contribution in [0.4, 0.5) is 5.69 Å². The summed E-state index contributed by atoms with van der Waals surface area (Å²) in [5.74, 6) is 0.132. The van der Waals surface area contributed by atoms with Crippen molar-refractivity contribution in [1.29, 1.82) is 0 Å². The lowest BCUT2D eigenvalue weighted by Gasteiger charge is -2.17. The Morgan fingerprint density at radius 1 is 1.25 bits per heavy atom. The molecule has 1 aliphatic heterocycles. The monoisotopic (exact) mass is 344 g/mol. The summed E-state index contributed by atoms with van der Waals surface area (Å²) in [6, 6.07) is 14.0. The van der Waals surface area contributed by atoms with Crippen molar-refractivity contribution in [2.75, 3.05) is 18.6 Å². The molecule has 0 spiro atoms. The van der Waals surface area contributed by atoms with Crippen molar-refractivity contribution in [1.82, 2.24) is 5.32 Å². The van der Waals surface area contributed by atoms with Crippen molar-refractivity contribution in [3.05, 3.63) is 59.1 Å². The highest BCUT2D eigenvalue weighted by molar-refractivity contribution is 6.31. The van der Waals surface area contributed by atoms with E-state index in [1.807, 2.05) is 30.3 Å². The van der Waals surface area contributed by atoms with Crippen LogP contribution in [0, 0.1) is 0 Å². The normalized spacial score (nSPS) is 17.0. The standard InChI is InChI=1S/C18H17ClN2O3/c1-24-16-8-7-12(19)9-15(16)18(23)20-13-10-17(22)21(11-13)14-5-3-2-4-6-14/h2-9,13H,10-11H2,1H3,(H,20,23). The summed E-state index contributed by atoms with van der Waals surface area (Å²) in [6.45, 7) is 0.442. The molecule has 1 unspecified atom stereocenters. The highest BCUT2D eigenvalue weighted by Gasteiger charge is 2.32. The zero-order valence-corrected chi connectivity index (χ0v) is 13.9. The molecule has 0 aliphatic carbocycles. The van der Waals surface area contributed by atoms with Gasteiger partial charge in [0.15, 0.2) is 0 Å². The number of halogens is 1. The second kappa shape index (κ2) is 6.93. The van der Waals surface area contributed by atoms with Crippen LogP contribution in [-0.2, 0) is 4.79 Å². The zero-order valence-electron chi connectivity index (χ0n) is 13.2. The maximum Gasteiger partial charge on any atom is 0.255 e. The minimum Gasteiger partial charge on any atom is -0.496 e. The first-order chi connectivity index (χ1) is 11.6. The maximum atomic E-state index is 12.5. The van der Waals surface area contributed by atoms with Crippen molar-refractivity contribution >= 4 is 29.1 Å². The molecule has 124 valence electrons. The maximum absolute atomic E-state index is 12.5. The zero-order chi connectivity index (χ0) is 17.1. The molecule has 1 atom stereocenters. The molecule has 0 bridgehead atoms. The van der Waals surface area contributed by atoms with E-state index in [-0.39, 0.29) is 24.3 Å². The predicted molar refractivity (Wildman–Crippen MR) is 92.7 cm³/mol. The van der Waals surface area contributed by atoms with Crippen LogP contribution >= 0.6 is 11.6 Å². The Bertz CT molecular complexity index is 764. The van der Waals surface area contributed by atoms with Gasteiger partial charge in [-0.25, -0.2) is 0 Å². The topological polar surface area (TPSA) is 58.6 Å². The van der Waals surface area contributed by atoms with Gasteiger partial charge in [-0.15, -0.1) is 0 Å². The van der Waals surface area contributed by atoms with Gasteiger partial charge in [-0.3, -0.25) is 9.59 Å². The molecular formula is C18H17ClN2O3. The van der Waals surface area contributed by atoms with E-state index in [4.69, 9.17) is 16.3 Å². The fourth-order valence-corrected chi connectivity index (χ4v) is 2.95. The fraction of sp³-hybridized carbons (Fsp3) is 0.222. The minimum absolute atomic E-state index is 0.00967. The van der Waals surface area contributed by atoms with Crippen molar-refractivity contribution in [2.24, 2.45) is 0 Å². The van der Waals surface area contributed by atoms with Crippen molar-refractivity contribution in [2.45, 2.75) is 12.5 Å². The fourth-order valence-electron chi connectivity index (χ4n) is 2.78. The van der Waals surface area contributed by atoms with E-state index in [0.29, 0.717) is 22.9 Å². The third kappa shape index (κ3) is 3.36. The Hall–Kier alpha value is -2.53. The Morgan fingerprint density at radius 2 is 2.00 bits per heavy atom. The number of benzene rings is 2. The molecule has 1 aliphatic rings. The van der Waals surface area contributed by atoms with Crippen molar-refractivity contribution < 1.29 is 14.3 Å².